The van der Waals surface area contributed by atoms with Crippen molar-refractivity contribution in [2.45, 2.75) is 19.8 Å². The van der Waals surface area contributed by atoms with E-state index in [2.05, 4.69) is 10.3 Å². The molecule has 26 heavy (non-hydrogen) atoms. The Morgan fingerprint density at radius 3 is 3.00 bits per heavy atom. The van der Waals surface area contributed by atoms with Gasteiger partial charge in [-0.05, 0) is 49.2 Å². The molecule has 1 N–H and O–H groups in total. The van der Waals surface area contributed by atoms with E-state index in [-0.39, 0.29) is 5.78 Å². The number of carbonyl (C=O) groups excluding carboxylic acids is 1. The Kier molecular flexibility index (Phi) is 3.18. The lowest BCUT2D eigenvalue weighted by molar-refractivity contribution is 0.0994. The lowest BCUT2D eigenvalue weighted by atomic mass is 10.1. The second-order valence-electron chi connectivity index (χ2n) is 6.41. The zero-order chi connectivity index (χ0) is 17.7. The predicted octanol–water partition coefficient (Wildman–Crippen LogP) is 4.17. The Balaban J connectivity index is 1.65. The van der Waals surface area contributed by atoms with Crippen LogP contribution in [0.15, 0.2) is 53.4 Å². The van der Waals surface area contributed by atoms with Crippen LogP contribution in [-0.4, -0.2) is 20.2 Å². The fourth-order valence-electron chi connectivity index (χ4n) is 3.48. The maximum absolute atomic E-state index is 11.9. The fraction of sp³-hybridized carbons (Fsp3) is 0.150. The minimum atomic E-state index is 0.222. The number of hydrogen-bond acceptors (Lipinski definition) is 5. The topological polar surface area (TPSA) is 72.4 Å². The number of hydrogen-bond donors (Lipinski definition) is 1. The van der Waals surface area contributed by atoms with Gasteiger partial charge in [0.1, 0.15) is 11.5 Å². The molecule has 0 amide bonds. The van der Waals surface area contributed by atoms with Gasteiger partial charge in [-0.15, -0.1) is 0 Å². The number of rotatable bonds is 3. The molecule has 1 aliphatic rings. The molecule has 3 heterocycles. The molecule has 4 aromatic rings. The third-order valence-corrected chi connectivity index (χ3v) is 4.76. The molecule has 0 fully saturated rings. The van der Waals surface area contributed by atoms with Gasteiger partial charge in [0, 0.05) is 30.1 Å². The molecule has 6 heteroatoms. The monoisotopic (exact) mass is 344 g/mol. The van der Waals surface area contributed by atoms with Crippen LogP contribution in [0.4, 0.5) is 11.5 Å². The van der Waals surface area contributed by atoms with E-state index in [1.54, 1.807) is 12.5 Å². The number of furan rings is 1. The van der Waals surface area contributed by atoms with Gasteiger partial charge in [-0.2, -0.15) is 0 Å². The van der Waals surface area contributed by atoms with Crippen molar-refractivity contribution in [1.82, 2.24) is 14.4 Å². The molecule has 0 saturated heterocycles. The van der Waals surface area contributed by atoms with Crippen LogP contribution in [0.2, 0.25) is 0 Å². The first-order chi connectivity index (χ1) is 12.7. The molecule has 0 saturated carbocycles. The van der Waals surface area contributed by atoms with Crippen molar-refractivity contribution < 1.29 is 9.21 Å². The van der Waals surface area contributed by atoms with Crippen LogP contribution in [0.3, 0.4) is 0 Å². The molecule has 0 unspecified atom stereocenters. The third kappa shape index (κ3) is 2.23. The summed E-state index contributed by atoms with van der Waals surface area (Å²) in [7, 11) is 0. The van der Waals surface area contributed by atoms with Crippen molar-refractivity contribution >= 4 is 22.9 Å². The maximum atomic E-state index is 11.9. The van der Waals surface area contributed by atoms with Gasteiger partial charge in [0.25, 0.3) is 0 Å². The van der Waals surface area contributed by atoms with Gasteiger partial charge in [-0.1, -0.05) is 0 Å². The number of Topliss-reactive ketones (excluding diaryl/α,β-unsaturated/α-hetero) is 1. The number of nitrogens with zero attached hydrogens (tertiary/aromatic N) is 3. The molecule has 0 spiro atoms. The van der Waals surface area contributed by atoms with Crippen LogP contribution >= 0.6 is 0 Å². The standard InChI is InChI=1S/C20H16N4O2/c1-12-19-23-18(17-3-2-10-26-17)20(24(19)9-8-21-12)22-14-5-6-15-13(11-14)4-7-16(15)25/h2-3,5-6,8-11,22H,4,7H2,1H3. The summed E-state index contributed by atoms with van der Waals surface area (Å²) < 4.78 is 7.55. The van der Waals surface area contributed by atoms with Gasteiger partial charge >= 0.3 is 0 Å². The Morgan fingerprint density at radius 2 is 2.15 bits per heavy atom. The molecule has 3 aromatic heterocycles. The van der Waals surface area contributed by atoms with Crippen LogP contribution in [-0.2, 0) is 6.42 Å². The molecule has 6 nitrogen and oxygen atoms in total. The number of imidazole rings is 1. The summed E-state index contributed by atoms with van der Waals surface area (Å²) >= 11 is 0. The van der Waals surface area contributed by atoms with Crippen molar-refractivity contribution in [2.75, 3.05) is 5.32 Å². The largest absolute Gasteiger partial charge is 0.463 e. The number of carbonyl (C=O) groups is 1. The summed E-state index contributed by atoms with van der Waals surface area (Å²) in [5.41, 5.74) is 5.18. The molecule has 1 aromatic carbocycles. The van der Waals surface area contributed by atoms with E-state index in [4.69, 9.17) is 9.40 Å². The molecule has 0 aliphatic heterocycles. The van der Waals surface area contributed by atoms with E-state index in [1.807, 2.05) is 47.9 Å². The molecule has 0 atom stereocenters. The van der Waals surface area contributed by atoms with E-state index >= 15 is 0 Å². The summed E-state index contributed by atoms with van der Waals surface area (Å²) in [5, 5.41) is 3.46. The minimum absolute atomic E-state index is 0.222. The van der Waals surface area contributed by atoms with E-state index in [9.17, 15) is 4.79 Å². The van der Waals surface area contributed by atoms with Crippen LogP contribution < -0.4 is 5.32 Å². The molecule has 0 bridgehead atoms. The number of fused-ring (bicyclic) bond motifs is 2. The lowest BCUT2D eigenvalue weighted by Crippen LogP contribution is -1.99. The third-order valence-electron chi connectivity index (χ3n) is 4.76. The van der Waals surface area contributed by atoms with Gasteiger partial charge < -0.3 is 9.73 Å². The number of aromatic nitrogens is 3. The molecule has 5 rings (SSSR count). The van der Waals surface area contributed by atoms with Crippen LogP contribution in [0.1, 0.15) is 28.0 Å². The highest BCUT2D eigenvalue weighted by molar-refractivity contribution is 6.00. The van der Waals surface area contributed by atoms with Crippen molar-refractivity contribution in [2.24, 2.45) is 0 Å². The summed E-state index contributed by atoms with van der Waals surface area (Å²) in [6.07, 6.45) is 6.65. The summed E-state index contributed by atoms with van der Waals surface area (Å²) in [6.45, 7) is 1.93. The number of benzene rings is 1. The minimum Gasteiger partial charge on any atom is -0.463 e. The Bertz CT molecular complexity index is 1140. The molecular formula is C20H16N4O2. The van der Waals surface area contributed by atoms with E-state index in [0.717, 1.165) is 46.1 Å². The van der Waals surface area contributed by atoms with Gasteiger partial charge in [-0.3, -0.25) is 14.2 Å². The van der Waals surface area contributed by atoms with Crippen molar-refractivity contribution in [3.8, 4) is 11.5 Å². The van der Waals surface area contributed by atoms with Gasteiger partial charge in [0.05, 0.1) is 12.0 Å². The van der Waals surface area contributed by atoms with Gasteiger partial charge in [-0.25, -0.2) is 4.98 Å². The smallest absolute Gasteiger partial charge is 0.163 e. The normalized spacial score (nSPS) is 13.3. The SMILES string of the molecule is Cc1nccn2c(Nc3ccc4c(c3)CCC4=O)c(-c3ccco3)nc12. The van der Waals surface area contributed by atoms with E-state index < -0.39 is 0 Å². The number of ketones is 1. The highest BCUT2D eigenvalue weighted by Gasteiger charge is 2.21. The van der Waals surface area contributed by atoms with Crippen molar-refractivity contribution in [3.05, 3.63) is 65.8 Å². The highest BCUT2D eigenvalue weighted by Crippen LogP contribution is 2.33. The number of aryl methyl sites for hydroxylation is 2. The molecule has 0 radical (unpaired) electrons. The lowest BCUT2D eigenvalue weighted by Gasteiger charge is -2.09. The molecule has 1 aliphatic carbocycles. The van der Waals surface area contributed by atoms with Gasteiger partial charge in [0.15, 0.2) is 17.2 Å². The Morgan fingerprint density at radius 1 is 1.23 bits per heavy atom. The summed E-state index contributed by atoms with van der Waals surface area (Å²) in [6, 6.07) is 9.60. The second kappa shape index (κ2) is 5.56. The fourth-order valence-corrected chi connectivity index (χ4v) is 3.48. The second-order valence-corrected chi connectivity index (χ2v) is 6.41. The van der Waals surface area contributed by atoms with Crippen molar-refractivity contribution in [1.29, 1.82) is 0 Å². The van der Waals surface area contributed by atoms with Crippen LogP contribution in [0.25, 0.3) is 17.1 Å². The number of anilines is 2. The number of nitrogens with one attached hydrogen (secondary N) is 1. The first kappa shape index (κ1) is 14.9. The van der Waals surface area contributed by atoms with E-state index in [0.29, 0.717) is 12.2 Å². The summed E-state index contributed by atoms with van der Waals surface area (Å²) in [4.78, 5) is 20.9. The van der Waals surface area contributed by atoms with Gasteiger partial charge in [0.2, 0.25) is 0 Å². The average molecular weight is 344 g/mol. The Hall–Kier alpha value is -3.41. The molecule has 128 valence electrons. The zero-order valence-electron chi connectivity index (χ0n) is 14.2. The highest BCUT2D eigenvalue weighted by atomic mass is 16.3. The first-order valence-corrected chi connectivity index (χ1v) is 8.51. The quantitative estimate of drug-likeness (QED) is 0.604. The molecular weight excluding hydrogens is 328 g/mol. The zero-order valence-corrected chi connectivity index (χ0v) is 14.2. The van der Waals surface area contributed by atoms with E-state index in [1.165, 1.54) is 0 Å². The van der Waals surface area contributed by atoms with Crippen molar-refractivity contribution in [3.63, 3.8) is 0 Å². The van der Waals surface area contributed by atoms with Crippen LogP contribution in [0.5, 0.6) is 0 Å². The van der Waals surface area contributed by atoms with Crippen LogP contribution in [0, 0.1) is 6.92 Å². The predicted molar refractivity (Wildman–Crippen MR) is 97.8 cm³/mol. The Labute approximate surface area is 149 Å². The average Bonchev–Trinajstić information content (AvgIpc) is 3.36. The summed E-state index contributed by atoms with van der Waals surface area (Å²) in [5.74, 6) is 1.72. The first-order valence-electron chi connectivity index (χ1n) is 8.51. The maximum Gasteiger partial charge on any atom is 0.163 e.